The van der Waals surface area contributed by atoms with Crippen molar-refractivity contribution in [3.05, 3.63) is 64.9 Å². The van der Waals surface area contributed by atoms with Gasteiger partial charge in [0, 0.05) is 11.4 Å². The zero-order valence-corrected chi connectivity index (χ0v) is 15.3. The zero-order chi connectivity index (χ0) is 17.2. The van der Waals surface area contributed by atoms with Crippen LogP contribution in [-0.4, -0.2) is 34.0 Å². The van der Waals surface area contributed by atoms with Crippen LogP contribution in [0.5, 0.6) is 0 Å². The Labute approximate surface area is 146 Å². The molecule has 0 aliphatic rings. The fraction of sp³-hybridized carbons (Fsp3) is 0.222. The quantitative estimate of drug-likeness (QED) is 0.732. The standard InChI is InChI=1S/C18H20N2O2S2/c1-20(2)17(18-8-5-11-23-18)13-19-24(21,22)16-10-9-14-6-3-4-7-15(14)12-16/h3-12,17,19H,13H2,1-2H3. The van der Waals surface area contributed by atoms with Gasteiger partial charge < -0.3 is 4.90 Å². The van der Waals surface area contributed by atoms with E-state index in [0.717, 1.165) is 15.6 Å². The third-order valence-corrected chi connectivity index (χ3v) is 6.39. The number of rotatable bonds is 6. The summed E-state index contributed by atoms with van der Waals surface area (Å²) >= 11 is 1.63. The molecule has 0 spiro atoms. The summed E-state index contributed by atoms with van der Waals surface area (Å²) in [5.41, 5.74) is 0. The van der Waals surface area contributed by atoms with Crippen molar-refractivity contribution in [3.63, 3.8) is 0 Å². The lowest BCUT2D eigenvalue weighted by Crippen LogP contribution is -2.34. The number of sulfonamides is 1. The number of fused-ring (bicyclic) bond motifs is 1. The lowest BCUT2D eigenvalue weighted by atomic mass is 10.1. The maximum atomic E-state index is 12.6. The molecule has 6 heteroatoms. The molecule has 2 aromatic carbocycles. The lowest BCUT2D eigenvalue weighted by Gasteiger charge is -2.23. The summed E-state index contributed by atoms with van der Waals surface area (Å²) in [6.45, 7) is 0.336. The van der Waals surface area contributed by atoms with Gasteiger partial charge >= 0.3 is 0 Å². The number of benzene rings is 2. The Balaban J connectivity index is 1.82. The summed E-state index contributed by atoms with van der Waals surface area (Å²) in [7, 11) is 0.363. The molecular weight excluding hydrogens is 340 g/mol. The van der Waals surface area contributed by atoms with Crippen molar-refractivity contribution in [3.8, 4) is 0 Å². The molecule has 1 heterocycles. The lowest BCUT2D eigenvalue weighted by molar-refractivity contribution is 0.303. The van der Waals surface area contributed by atoms with Crippen LogP contribution in [0.1, 0.15) is 10.9 Å². The molecule has 1 atom stereocenters. The minimum absolute atomic E-state index is 0.0141. The Morgan fingerprint density at radius 2 is 1.79 bits per heavy atom. The average molecular weight is 361 g/mol. The van der Waals surface area contributed by atoms with E-state index >= 15 is 0 Å². The van der Waals surface area contributed by atoms with E-state index in [1.807, 2.05) is 66.8 Å². The molecule has 4 nitrogen and oxygen atoms in total. The Hall–Kier alpha value is -1.73. The summed E-state index contributed by atoms with van der Waals surface area (Å²) in [6.07, 6.45) is 0. The van der Waals surface area contributed by atoms with Gasteiger partial charge in [-0.2, -0.15) is 0 Å². The number of thiophene rings is 1. The predicted molar refractivity (Wildman–Crippen MR) is 99.9 cm³/mol. The fourth-order valence-corrected chi connectivity index (χ4v) is 4.62. The van der Waals surface area contributed by atoms with E-state index in [9.17, 15) is 8.42 Å². The summed E-state index contributed by atoms with van der Waals surface area (Å²) in [4.78, 5) is 3.46. The highest BCUT2D eigenvalue weighted by Gasteiger charge is 2.20. The topological polar surface area (TPSA) is 49.4 Å². The molecule has 3 aromatic rings. The molecule has 126 valence electrons. The molecule has 3 rings (SSSR count). The summed E-state index contributed by atoms with van der Waals surface area (Å²) in [6, 6.07) is 17.0. The molecule has 0 saturated carbocycles. The van der Waals surface area contributed by atoms with Gasteiger partial charge in [0.15, 0.2) is 0 Å². The van der Waals surface area contributed by atoms with Crippen LogP contribution in [0.4, 0.5) is 0 Å². The zero-order valence-electron chi connectivity index (χ0n) is 13.6. The minimum Gasteiger partial charge on any atom is -0.300 e. The number of hydrogen-bond donors (Lipinski definition) is 1. The Bertz CT molecular complexity index is 919. The Kier molecular flexibility index (Phi) is 5.01. The van der Waals surface area contributed by atoms with Crippen molar-refractivity contribution in [1.29, 1.82) is 0 Å². The SMILES string of the molecule is CN(C)C(CNS(=O)(=O)c1ccc2ccccc2c1)c1cccs1. The molecular formula is C18H20N2O2S2. The van der Waals surface area contributed by atoms with Crippen molar-refractivity contribution in [2.45, 2.75) is 10.9 Å². The molecule has 0 fully saturated rings. The van der Waals surface area contributed by atoms with E-state index in [0.29, 0.717) is 11.4 Å². The highest BCUT2D eigenvalue weighted by atomic mass is 32.2. The Morgan fingerprint density at radius 3 is 2.46 bits per heavy atom. The smallest absolute Gasteiger partial charge is 0.240 e. The number of hydrogen-bond acceptors (Lipinski definition) is 4. The summed E-state index contributed by atoms with van der Waals surface area (Å²) in [5, 5.41) is 3.95. The molecule has 0 bridgehead atoms. The fourth-order valence-electron chi connectivity index (χ4n) is 2.63. The molecule has 0 aliphatic carbocycles. The molecule has 1 unspecified atom stereocenters. The van der Waals surface area contributed by atoms with Crippen LogP contribution >= 0.6 is 11.3 Å². The van der Waals surface area contributed by atoms with Gasteiger partial charge in [0.25, 0.3) is 0 Å². The van der Waals surface area contributed by atoms with Gasteiger partial charge in [-0.15, -0.1) is 11.3 Å². The van der Waals surface area contributed by atoms with Gasteiger partial charge in [-0.3, -0.25) is 0 Å². The van der Waals surface area contributed by atoms with Gasteiger partial charge in [0.1, 0.15) is 0 Å². The van der Waals surface area contributed by atoms with E-state index < -0.39 is 10.0 Å². The maximum Gasteiger partial charge on any atom is 0.240 e. The van der Waals surface area contributed by atoms with Crippen molar-refractivity contribution in [2.75, 3.05) is 20.6 Å². The van der Waals surface area contributed by atoms with Crippen LogP contribution in [-0.2, 0) is 10.0 Å². The molecule has 0 aliphatic heterocycles. The third kappa shape index (κ3) is 3.67. The number of likely N-dealkylation sites (N-methyl/N-ethyl adjacent to an activating group) is 1. The van der Waals surface area contributed by atoms with Crippen molar-refractivity contribution in [1.82, 2.24) is 9.62 Å². The van der Waals surface area contributed by atoms with Crippen molar-refractivity contribution in [2.24, 2.45) is 0 Å². The normalized spacial score (nSPS) is 13.5. The van der Waals surface area contributed by atoms with Crippen LogP contribution in [0.25, 0.3) is 10.8 Å². The van der Waals surface area contributed by atoms with E-state index in [4.69, 9.17) is 0 Å². The summed E-state index contributed by atoms with van der Waals surface area (Å²) < 4.78 is 28.0. The molecule has 0 saturated heterocycles. The molecule has 24 heavy (non-hydrogen) atoms. The van der Waals surface area contributed by atoms with Gasteiger partial charge in [0.2, 0.25) is 10.0 Å². The van der Waals surface area contributed by atoms with Crippen LogP contribution in [0.2, 0.25) is 0 Å². The van der Waals surface area contributed by atoms with E-state index in [1.54, 1.807) is 23.5 Å². The largest absolute Gasteiger partial charge is 0.300 e. The first-order chi connectivity index (χ1) is 11.5. The number of nitrogens with one attached hydrogen (secondary N) is 1. The Morgan fingerprint density at radius 1 is 1.04 bits per heavy atom. The highest BCUT2D eigenvalue weighted by Crippen LogP contribution is 2.24. The van der Waals surface area contributed by atoms with Gasteiger partial charge in [0.05, 0.1) is 10.9 Å². The van der Waals surface area contributed by atoms with Crippen molar-refractivity contribution < 1.29 is 8.42 Å². The molecule has 0 amide bonds. The van der Waals surface area contributed by atoms with Crippen LogP contribution in [0.15, 0.2) is 64.9 Å². The van der Waals surface area contributed by atoms with Gasteiger partial charge in [-0.05, 0) is 48.4 Å². The second-order valence-corrected chi connectivity index (χ2v) is 8.60. The van der Waals surface area contributed by atoms with Crippen LogP contribution < -0.4 is 4.72 Å². The monoisotopic (exact) mass is 360 g/mol. The predicted octanol–water partition coefficient (Wildman–Crippen LogP) is 3.48. The van der Waals surface area contributed by atoms with Crippen LogP contribution in [0, 0.1) is 0 Å². The molecule has 1 aromatic heterocycles. The minimum atomic E-state index is -3.54. The second kappa shape index (κ2) is 7.03. The first kappa shape index (κ1) is 17.1. The maximum absolute atomic E-state index is 12.6. The van der Waals surface area contributed by atoms with Crippen LogP contribution in [0.3, 0.4) is 0 Å². The number of nitrogens with zero attached hydrogens (tertiary/aromatic N) is 1. The summed E-state index contributed by atoms with van der Waals surface area (Å²) in [5.74, 6) is 0. The van der Waals surface area contributed by atoms with Gasteiger partial charge in [-0.25, -0.2) is 13.1 Å². The van der Waals surface area contributed by atoms with E-state index in [-0.39, 0.29) is 6.04 Å². The van der Waals surface area contributed by atoms with E-state index in [1.165, 1.54) is 0 Å². The first-order valence-electron chi connectivity index (χ1n) is 7.66. The second-order valence-electron chi connectivity index (χ2n) is 5.86. The van der Waals surface area contributed by atoms with E-state index in [2.05, 4.69) is 4.72 Å². The van der Waals surface area contributed by atoms with Gasteiger partial charge in [-0.1, -0.05) is 36.4 Å². The first-order valence-corrected chi connectivity index (χ1v) is 10.0. The third-order valence-electron chi connectivity index (χ3n) is 3.99. The average Bonchev–Trinajstić information content (AvgIpc) is 3.08. The molecule has 0 radical (unpaired) electrons. The molecule has 1 N–H and O–H groups in total. The van der Waals surface area contributed by atoms with Crippen molar-refractivity contribution >= 4 is 32.1 Å². The highest BCUT2D eigenvalue weighted by molar-refractivity contribution is 7.89.